The lowest BCUT2D eigenvalue weighted by atomic mass is 9.88. The van der Waals surface area contributed by atoms with Crippen molar-refractivity contribution in [2.45, 2.75) is 31.3 Å². The third kappa shape index (κ3) is 2.29. The summed E-state index contributed by atoms with van der Waals surface area (Å²) in [7, 11) is 0. The van der Waals surface area contributed by atoms with E-state index in [0.29, 0.717) is 12.1 Å². The van der Waals surface area contributed by atoms with Crippen LogP contribution in [0, 0.1) is 0 Å². The standard InChI is InChI=1S/C9H16N4/c10-7-5-8(6-7)11-2-1-9-12-3-4-13-9/h3-4,7-8,11H,1-2,5-6,10H2,(H,12,13). The fraction of sp³-hybridized carbons (Fsp3) is 0.667. The van der Waals surface area contributed by atoms with Gasteiger partial charge in [0, 0.05) is 37.4 Å². The van der Waals surface area contributed by atoms with Gasteiger partial charge in [0.05, 0.1) is 0 Å². The Balaban J connectivity index is 1.59. The Morgan fingerprint density at radius 1 is 1.62 bits per heavy atom. The second kappa shape index (κ2) is 3.89. The molecule has 4 nitrogen and oxygen atoms in total. The number of hydrogen-bond donors (Lipinski definition) is 3. The fourth-order valence-corrected chi connectivity index (χ4v) is 1.66. The van der Waals surface area contributed by atoms with E-state index in [1.54, 1.807) is 6.20 Å². The summed E-state index contributed by atoms with van der Waals surface area (Å²) in [5.74, 6) is 1.05. The van der Waals surface area contributed by atoms with Crippen LogP contribution in [0.4, 0.5) is 0 Å². The fourth-order valence-electron chi connectivity index (χ4n) is 1.66. The molecule has 13 heavy (non-hydrogen) atoms. The monoisotopic (exact) mass is 180 g/mol. The average Bonchev–Trinajstić information content (AvgIpc) is 2.53. The van der Waals surface area contributed by atoms with Crippen LogP contribution in [0.5, 0.6) is 0 Å². The van der Waals surface area contributed by atoms with Crippen LogP contribution < -0.4 is 11.1 Å². The molecule has 1 aliphatic rings. The molecule has 1 heterocycles. The molecule has 0 bridgehead atoms. The minimum absolute atomic E-state index is 0.432. The summed E-state index contributed by atoms with van der Waals surface area (Å²) in [6, 6.07) is 1.08. The zero-order valence-electron chi connectivity index (χ0n) is 7.66. The van der Waals surface area contributed by atoms with Crippen molar-refractivity contribution in [3.05, 3.63) is 18.2 Å². The maximum absolute atomic E-state index is 5.68. The van der Waals surface area contributed by atoms with Crippen molar-refractivity contribution in [3.63, 3.8) is 0 Å². The van der Waals surface area contributed by atoms with Gasteiger partial charge in [0.1, 0.15) is 5.82 Å². The van der Waals surface area contributed by atoms with Gasteiger partial charge < -0.3 is 16.0 Å². The lowest BCUT2D eigenvalue weighted by Gasteiger charge is -2.33. The Morgan fingerprint density at radius 3 is 3.08 bits per heavy atom. The number of nitrogens with one attached hydrogen (secondary N) is 2. The molecule has 1 fully saturated rings. The number of aromatic nitrogens is 2. The Bertz CT molecular complexity index is 238. The third-order valence-electron chi connectivity index (χ3n) is 2.52. The molecule has 0 spiro atoms. The predicted octanol–water partition coefficient (Wildman–Crippen LogP) is 0.0315. The maximum atomic E-state index is 5.68. The van der Waals surface area contributed by atoms with E-state index in [1.807, 2.05) is 6.20 Å². The summed E-state index contributed by atoms with van der Waals surface area (Å²) in [6.07, 6.45) is 6.86. The van der Waals surface area contributed by atoms with Crippen LogP contribution in [0.1, 0.15) is 18.7 Å². The number of rotatable bonds is 4. The molecule has 4 N–H and O–H groups in total. The molecule has 0 amide bonds. The smallest absolute Gasteiger partial charge is 0.107 e. The molecular formula is C9H16N4. The van der Waals surface area contributed by atoms with Crippen LogP contribution in [-0.4, -0.2) is 28.6 Å². The average molecular weight is 180 g/mol. The number of aromatic amines is 1. The van der Waals surface area contributed by atoms with E-state index in [9.17, 15) is 0 Å². The van der Waals surface area contributed by atoms with Crippen LogP contribution in [0.3, 0.4) is 0 Å². The lowest BCUT2D eigenvalue weighted by molar-refractivity contribution is 0.293. The van der Waals surface area contributed by atoms with Crippen LogP contribution in [-0.2, 0) is 6.42 Å². The molecule has 0 atom stereocenters. The second-order valence-electron chi connectivity index (χ2n) is 3.67. The Labute approximate surface area is 77.9 Å². The highest BCUT2D eigenvalue weighted by Gasteiger charge is 2.24. The molecule has 0 unspecified atom stereocenters. The van der Waals surface area contributed by atoms with Gasteiger partial charge in [-0.05, 0) is 12.8 Å². The highest BCUT2D eigenvalue weighted by molar-refractivity contribution is 4.91. The number of hydrogen-bond acceptors (Lipinski definition) is 3. The van der Waals surface area contributed by atoms with Gasteiger partial charge in [-0.3, -0.25) is 0 Å². The van der Waals surface area contributed by atoms with E-state index in [1.165, 1.54) is 0 Å². The van der Waals surface area contributed by atoms with E-state index >= 15 is 0 Å². The predicted molar refractivity (Wildman–Crippen MR) is 51.3 cm³/mol. The van der Waals surface area contributed by atoms with Gasteiger partial charge in [-0.1, -0.05) is 0 Å². The summed E-state index contributed by atoms with van der Waals surface area (Å²) in [5.41, 5.74) is 5.68. The zero-order chi connectivity index (χ0) is 9.10. The summed E-state index contributed by atoms with van der Waals surface area (Å²) in [5, 5.41) is 3.45. The van der Waals surface area contributed by atoms with Crippen molar-refractivity contribution < 1.29 is 0 Å². The molecule has 0 radical (unpaired) electrons. The topological polar surface area (TPSA) is 66.7 Å². The summed E-state index contributed by atoms with van der Waals surface area (Å²) in [4.78, 5) is 7.23. The highest BCUT2D eigenvalue weighted by atomic mass is 15.0. The van der Waals surface area contributed by atoms with E-state index in [4.69, 9.17) is 5.73 Å². The molecule has 0 aromatic carbocycles. The molecule has 1 aromatic heterocycles. The third-order valence-corrected chi connectivity index (χ3v) is 2.52. The molecule has 1 aromatic rings. The first-order chi connectivity index (χ1) is 6.34. The minimum atomic E-state index is 0.432. The molecule has 1 saturated carbocycles. The maximum Gasteiger partial charge on any atom is 0.107 e. The van der Waals surface area contributed by atoms with Crippen molar-refractivity contribution in [1.29, 1.82) is 0 Å². The van der Waals surface area contributed by atoms with Gasteiger partial charge in [-0.15, -0.1) is 0 Å². The molecular weight excluding hydrogens is 164 g/mol. The largest absolute Gasteiger partial charge is 0.349 e. The van der Waals surface area contributed by atoms with E-state index < -0.39 is 0 Å². The van der Waals surface area contributed by atoms with Crippen molar-refractivity contribution >= 4 is 0 Å². The molecule has 0 saturated heterocycles. The Morgan fingerprint density at radius 2 is 2.46 bits per heavy atom. The van der Waals surface area contributed by atoms with Gasteiger partial charge in [0.15, 0.2) is 0 Å². The molecule has 1 aliphatic carbocycles. The Hall–Kier alpha value is -0.870. The van der Waals surface area contributed by atoms with Crippen LogP contribution in [0.15, 0.2) is 12.4 Å². The van der Waals surface area contributed by atoms with Crippen LogP contribution in [0.25, 0.3) is 0 Å². The van der Waals surface area contributed by atoms with E-state index in [2.05, 4.69) is 15.3 Å². The molecule has 72 valence electrons. The summed E-state index contributed by atoms with van der Waals surface area (Å²) in [6.45, 7) is 0.991. The Kier molecular flexibility index (Phi) is 2.61. The van der Waals surface area contributed by atoms with Crippen molar-refractivity contribution in [3.8, 4) is 0 Å². The quantitative estimate of drug-likeness (QED) is 0.612. The highest BCUT2D eigenvalue weighted by Crippen LogP contribution is 2.16. The van der Waals surface area contributed by atoms with Crippen molar-refractivity contribution in [1.82, 2.24) is 15.3 Å². The van der Waals surface area contributed by atoms with Gasteiger partial charge in [-0.2, -0.15) is 0 Å². The molecule has 0 aliphatic heterocycles. The lowest BCUT2D eigenvalue weighted by Crippen LogP contribution is -2.48. The number of imidazole rings is 1. The first-order valence-electron chi connectivity index (χ1n) is 4.82. The molecule has 4 heteroatoms. The normalized spacial score (nSPS) is 27.2. The number of H-pyrrole nitrogens is 1. The summed E-state index contributed by atoms with van der Waals surface area (Å²) < 4.78 is 0. The van der Waals surface area contributed by atoms with Crippen molar-refractivity contribution in [2.24, 2.45) is 5.73 Å². The first-order valence-corrected chi connectivity index (χ1v) is 4.82. The second-order valence-corrected chi connectivity index (χ2v) is 3.67. The van der Waals surface area contributed by atoms with Crippen LogP contribution >= 0.6 is 0 Å². The summed E-state index contributed by atoms with van der Waals surface area (Å²) >= 11 is 0. The number of nitrogens with two attached hydrogens (primary N) is 1. The van der Waals surface area contributed by atoms with Gasteiger partial charge in [0.2, 0.25) is 0 Å². The van der Waals surface area contributed by atoms with Gasteiger partial charge >= 0.3 is 0 Å². The van der Waals surface area contributed by atoms with Crippen LogP contribution in [0.2, 0.25) is 0 Å². The minimum Gasteiger partial charge on any atom is -0.349 e. The van der Waals surface area contributed by atoms with Gasteiger partial charge in [0.25, 0.3) is 0 Å². The van der Waals surface area contributed by atoms with Crippen molar-refractivity contribution in [2.75, 3.05) is 6.54 Å². The zero-order valence-corrected chi connectivity index (χ0v) is 7.66. The van der Waals surface area contributed by atoms with E-state index in [-0.39, 0.29) is 0 Å². The van der Waals surface area contributed by atoms with Gasteiger partial charge in [-0.25, -0.2) is 4.98 Å². The number of nitrogens with zero attached hydrogens (tertiary/aromatic N) is 1. The van der Waals surface area contributed by atoms with E-state index in [0.717, 1.165) is 31.6 Å². The first kappa shape index (κ1) is 8.72. The molecule has 2 rings (SSSR count). The SMILES string of the molecule is NC1CC(NCCc2ncc[nH]2)C1.